The number of carbonyl (C=O) groups is 1. The van der Waals surface area contributed by atoms with Crippen LogP contribution in [0.3, 0.4) is 0 Å². The highest BCUT2D eigenvalue weighted by Gasteiger charge is 2.19. The first kappa shape index (κ1) is 25.4. The van der Waals surface area contributed by atoms with Gasteiger partial charge in [-0.3, -0.25) is 0 Å². The highest BCUT2D eigenvalue weighted by molar-refractivity contribution is 5.89. The number of hydrogen-bond donors (Lipinski definition) is 2. The van der Waals surface area contributed by atoms with E-state index in [4.69, 9.17) is 9.47 Å². The molecule has 2 aliphatic rings. The fourth-order valence-corrected chi connectivity index (χ4v) is 4.41. The molecular formula is C28H31N7O3. The lowest BCUT2D eigenvalue weighted by molar-refractivity contribution is 0.0254. The normalized spacial score (nSPS) is 16.5. The largest absolute Gasteiger partial charge is 0.489 e. The predicted octanol–water partition coefficient (Wildman–Crippen LogP) is 4.10. The summed E-state index contributed by atoms with van der Waals surface area (Å²) in [4.78, 5) is 25.5. The molecule has 196 valence electrons. The predicted molar refractivity (Wildman–Crippen MR) is 144 cm³/mol. The second-order valence-electron chi connectivity index (χ2n) is 9.44. The molecule has 0 atom stereocenters. The maximum atomic E-state index is 12.5. The van der Waals surface area contributed by atoms with Gasteiger partial charge in [0.25, 0.3) is 0 Å². The van der Waals surface area contributed by atoms with Crippen molar-refractivity contribution in [1.82, 2.24) is 19.8 Å². The van der Waals surface area contributed by atoms with Crippen molar-refractivity contribution in [3.63, 3.8) is 0 Å². The van der Waals surface area contributed by atoms with E-state index in [1.54, 1.807) is 18.3 Å². The van der Waals surface area contributed by atoms with Crippen molar-refractivity contribution in [2.75, 3.05) is 57.1 Å². The number of urea groups is 1. The van der Waals surface area contributed by atoms with Crippen molar-refractivity contribution in [1.29, 1.82) is 5.26 Å². The molecule has 3 aromatic rings. The van der Waals surface area contributed by atoms with Crippen LogP contribution in [-0.2, 0) is 4.74 Å². The Kier molecular flexibility index (Phi) is 7.97. The number of nitriles is 1. The molecule has 2 aromatic carbocycles. The standard InChI is InChI=1S/C28H31N7O3/c1-34-12-14-35(15-13-34)28(36)32-23-5-3-22(4-6-23)31-27-30-11-8-25(33-27)20-2-7-26(21(18-20)19-29)38-24-9-16-37-17-10-24/h2-8,11,18,24H,9-10,12-17H2,1H3,(H,32,36)(H,30,31,33). The molecular weight excluding hydrogens is 482 g/mol. The van der Waals surface area contributed by atoms with Gasteiger partial charge < -0.3 is 29.9 Å². The minimum absolute atomic E-state index is 0.0584. The highest BCUT2D eigenvalue weighted by Crippen LogP contribution is 2.28. The lowest BCUT2D eigenvalue weighted by Crippen LogP contribution is -2.48. The number of aromatic nitrogens is 2. The number of carbonyl (C=O) groups excluding carboxylic acids is 1. The minimum atomic E-state index is -0.0873. The van der Waals surface area contributed by atoms with Gasteiger partial charge in [0.1, 0.15) is 17.9 Å². The van der Waals surface area contributed by atoms with Gasteiger partial charge in [-0.1, -0.05) is 0 Å². The Labute approximate surface area is 222 Å². The van der Waals surface area contributed by atoms with E-state index in [1.807, 2.05) is 41.3 Å². The third-order valence-electron chi connectivity index (χ3n) is 6.70. The van der Waals surface area contributed by atoms with E-state index in [0.29, 0.717) is 36.2 Å². The fraction of sp³-hybridized carbons (Fsp3) is 0.357. The number of rotatable bonds is 6. The second-order valence-corrected chi connectivity index (χ2v) is 9.44. The van der Waals surface area contributed by atoms with Crippen molar-refractivity contribution >= 4 is 23.4 Å². The summed E-state index contributed by atoms with van der Waals surface area (Å²) in [6.45, 7) is 4.54. The van der Waals surface area contributed by atoms with Crippen LogP contribution in [0.1, 0.15) is 18.4 Å². The molecule has 0 aliphatic carbocycles. The Balaban J connectivity index is 1.22. The Bertz CT molecular complexity index is 1290. The lowest BCUT2D eigenvalue weighted by atomic mass is 10.1. The summed E-state index contributed by atoms with van der Waals surface area (Å²) in [5.41, 5.74) is 3.47. The summed E-state index contributed by atoms with van der Waals surface area (Å²) < 4.78 is 11.5. The van der Waals surface area contributed by atoms with Gasteiger partial charge in [0, 0.05) is 62.2 Å². The van der Waals surface area contributed by atoms with Crippen LogP contribution < -0.4 is 15.4 Å². The number of nitrogens with one attached hydrogen (secondary N) is 2. The first-order valence-corrected chi connectivity index (χ1v) is 12.8. The summed E-state index contributed by atoms with van der Waals surface area (Å²) >= 11 is 0. The minimum Gasteiger partial charge on any atom is -0.489 e. The smallest absolute Gasteiger partial charge is 0.321 e. The van der Waals surface area contributed by atoms with Crippen LogP contribution in [0.15, 0.2) is 54.7 Å². The van der Waals surface area contributed by atoms with E-state index in [1.165, 1.54) is 0 Å². The maximum Gasteiger partial charge on any atom is 0.321 e. The summed E-state index contributed by atoms with van der Waals surface area (Å²) in [5.74, 6) is 1.01. The molecule has 1 aromatic heterocycles. The van der Waals surface area contributed by atoms with Gasteiger partial charge in [-0.15, -0.1) is 0 Å². The van der Waals surface area contributed by atoms with Crippen LogP contribution in [-0.4, -0.2) is 78.3 Å². The molecule has 0 saturated carbocycles. The van der Waals surface area contributed by atoms with E-state index < -0.39 is 0 Å². The van der Waals surface area contributed by atoms with E-state index in [0.717, 1.165) is 56.0 Å². The van der Waals surface area contributed by atoms with E-state index in [2.05, 4.69) is 38.6 Å². The number of nitrogens with zero attached hydrogens (tertiary/aromatic N) is 5. The Morgan fingerprint density at radius 1 is 1.05 bits per heavy atom. The van der Waals surface area contributed by atoms with E-state index >= 15 is 0 Å². The van der Waals surface area contributed by atoms with Crippen molar-refractivity contribution in [3.8, 4) is 23.1 Å². The number of piperazine rings is 1. The van der Waals surface area contributed by atoms with Crippen molar-refractivity contribution in [2.24, 2.45) is 0 Å². The van der Waals surface area contributed by atoms with Crippen LogP contribution in [0.25, 0.3) is 11.3 Å². The zero-order chi connectivity index (χ0) is 26.3. The molecule has 2 amide bonds. The van der Waals surface area contributed by atoms with Crippen LogP contribution in [0, 0.1) is 11.3 Å². The molecule has 0 radical (unpaired) electrons. The number of anilines is 3. The van der Waals surface area contributed by atoms with Gasteiger partial charge in [0.05, 0.1) is 24.5 Å². The molecule has 0 bridgehead atoms. The van der Waals surface area contributed by atoms with Crippen molar-refractivity contribution in [3.05, 3.63) is 60.3 Å². The fourth-order valence-electron chi connectivity index (χ4n) is 4.41. The van der Waals surface area contributed by atoms with Crippen LogP contribution in [0.5, 0.6) is 5.75 Å². The molecule has 10 heteroatoms. The number of benzene rings is 2. The summed E-state index contributed by atoms with van der Waals surface area (Å²) in [6, 6.07) is 16.9. The highest BCUT2D eigenvalue weighted by atomic mass is 16.5. The number of hydrogen-bond acceptors (Lipinski definition) is 8. The monoisotopic (exact) mass is 513 g/mol. The maximum absolute atomic E-state index is 12.5. The van der Waals surface area contributed by atoms with Crippen molar-refractivity contribution in [2.45, 2.75) is 18.9 Å². The van der Waals surface area contributed by atoms with Gasteiger partial charge in [-0.2, -0.15) is 5.26 Å². The molecule has 10 nitrogen and oxygen atoms in total. The summed E-state index contributed by atoms with van der Waals surface area (Å²) in [7, 11) is 2.06. The molecule has 3 heterocycles. The van der Waals surface area contributed by atoms with Gasteiger partial charge >= 0.3 is 6.03 Å². The van der Waals surface area contributed by atoms with Gasteiger partial charge in [0.15, 0.2) is 0 Å². The zero-order valence-electron chi connectivity index (χ0n) is 21.4. The summed E-state index contributed by atoms with van der Waals surface area (Å²) in [6.07, 6.45) is 3.37. The average molecular weight is 514 g/mol. The Hall–Kier alpha value is -4.20. The zero-order valence-corrected chi connectivity index (χ0v) is 21.4. The molecule has 2 fully saturated rings. The number of ether oxygens (including phenoxy) is 2. The average Bonchev–Trinajstić information content (AvgIpc) is 2.95. The SMILES string of the molecule is CN1CCN(C(=O)Nc2ccc(Nc3nccc(-c4ccc(OC5CCOCC5)c(C#N)c4)n3)cc2)CC1. The molecule has 38 heavy (non-hydrogen) atoms. The molecule has 2 saturated heterocycles. The first-order valence-electron chi connectivity index (χ1n) is 12.8. The number of likely N-dealkylation sites (N-methyl/N-ethyl adjacent to an activating group) is 1. The van der Waals surface area contributed by atoms with Gasteiger partial charge in [-0.05, 0) is 55.6 Å². The Morgan fingerprint density at radius 2 is 1.79 bits per heavy atom. The van der Waals surface area contributed by atoms with Gasteiger partial charge in [0.2, 0.25) is 5.95 Å². The number of amides is 2. The molecule has 5 rings (SSSR count). The van der Waals surface area contributed by atoms with E-state index in [9.17, 15) is 10.1 Å². The lowest BCUT2D eigenvalue weighted by Gasteiger charge is -2.32. The third-order valence-corrected chi connectivity index (χ3v) is 6.70. The molecule has 2 aliphatic heterocycles. The topological polar surface area (TPSA) is 116 Å². The third kappa shape index (κ3) is 6.37. The first-order chi connectivity index (χ1) is 18.6. The van der Waals surface area contributed by atoms with E-state index in [-0.39, 0.29) is 12.1 Å². The summed E-state index contributed by atoms with van der Waals surface area (Å²) in [5, 5.41) is 15.9. The molecule has 0 spiro atoms. The van der Waals surface area contributed by atoms with Crippen LogP contribution >= 0.6 is 0 Å². The van der Waals surface area contributed by atoms with Crippen molar-refractivity contribution < 1.29 is 14.3 Å². The second kappa shape index (κ2) is 11.9. The van der Waals surface area contributed by atoms with Gasteiger partial charge in [-0.25, -0.2) is 14.8 Å². The van der Waals surface area contributed by atoms with Crippen LogP contribution in [0.2, 0.25) is 0 Å². The Morgan fingerprint density at radius 3 is 2.53 bits per heavy atom. The quantitative estimate of drug-likeness (QED) is 0.506. The molecule has 2 N–H and O–H groups in total. The molecule has 0 unspecified atom stereocenters. The van der Waals surface area contributed by atoms with Crippen LogP contribution in [0.4, 0.5) is 22.1 Å².